The molecule has 1 atom stereocenters. The van der Waals surface area contributed by atoms with Crippen molar-refractivity contribution in [3.05, 3.63) is 29.3 Å². The molecule has 1 aromatic carbocycles. The Hall–Kier alpha value is -1.64. The number of nitrogens with zero attached hydrogens (tertiary/aromatic N) is 1. The summed E-state index contributed by atoms with van der Waals surface area (Å²) in [6.45, 7) is 5.73. The number of carbonyl (C=O) groups is 1. The number of amides is 1. The summed E-state index contributed by atoms with van der Waals surface area (Å²) in [5.74, 6) is -0.0915. The zero-order valence-corrected chi connectivity index (χ0v) is 16.1. The summed E-state index contributed by atoms with van der Waals surface area (Å²) in [7, 11) is -0.476. The van der Waals surface area contributed by atoms with Crippen LogP contribution in [0.2, 0.25) is 0 Å². The van der Waals surface area contributed by atoms with Gasteiger partial charge in [0.1, 0.15) is 5.60 Å². The number of ether oxygens (including phenoxy) is 3. The van der Waals surface area contributed by atoms with Gasteiger partial charge in [0.2, 0.25) is 0 Å². The molecule has 0 saturated carbocycles. The number of carbonyl (C=O) groups excluding carboxylic acids is 1. The number of benzene rings is 1. The number of sulfone groups is 1. The third-order valence-corrected chi connectivity index (χ3v) is 5.45. The highest BCUT2D eigenvalue weighted by atomic mass is 32.2. The van der Waals surface area contributed by atoms with Crippen LogP contribution in [0.25, 0.3) is 0 Å². The molecule has 25 heavy (non-hydrogen) atoms. The van der Waals surface area contributed by atoms with Gasteiger partial charge in [0.15, 0.2) is 16.1 Å². The highest BCUT2D eigenvalue weighted by Gasteiger charge is 2.37. The Morgan fingerprint density at radius 2 is 1.96 bits per heavy atom. The molecule has 1 amide bonds. The van der Waals surface area contributed by atoms with Crippen molar-refractivity contribution in [3.63, 3.8) is 0 Å². The SMILES string of the molecule is COCCS(=O)(=O)c1ccc2c(c1)CN(C(=O)OC(C)(C)C)C2OC. The van der Waals surface area contributed by atoms with Crippen molar-refractivity contribution in [1.29, 1.82) is 0 Å². The van der Waals surface area contributed by atoms with Crippen LogP contribution in [0.5, 0.6) is 0 Å². The lowest BCUT2D eigenvalue weighted by Crippen LogP contribution is -2.36. The molecule has 0 radical (unpaired) electrons. The molecule has 0 spiro atoms. The first-order chi connectivity index (χ1) is 11.6. The van der Waals surface area contributed by atoms with E-state index in [1.54, 1.807) is 32.9 Å². The Morgan fingerprint density at radius 3 is 2.52 bits per heavy atom. The van der Waals surface area contributed by atoms with Crippen LogP contribution in [0.3, 0.4) is 0 Å². The minimum atomic E-state index is -3.44. The monoisotopic (exact) mass is 371 g/mol. The van der Waals surface area contributed by atoms with E-state index in [1.165, 1.54) is 25.2 Å². The quantitative estimate of drug-likeness (QED) is 0.791. The highest BCUT2D eigenvalue weighted by molar-refractivity contribution is 7.91. The van der Waals surface area contributed by atoms with Crippen LogP contribution >= 0.6 is 0 Å². The molecule has 0 aromatic heterocycles. The van der Waals surface area contributed by atoms with Crippen LogP contribution in [0.1, 0.15) is 38.1 Å². The number of methoxy groups -OCH3 is 2. The van der Waals surface area contributed by atoms with Gasteiger partial charge in [-0.3, -0.25) is 4.90 Å². The average molecular weight is 371 g/mol. The Bertz CT molecular complexity index is 738. The molecule has 0 fully saturated rings. The second kappa shape index (κ2) is 7.31. The van der Waals surface area contributed by atoms with Crippen molar-refractivity contribution in [2.75, 3.05) is 26.6 Å². The van der Waals surface area contributed by atoms with Crippen molar-refractivity contribution >= 4 is 15.9 Å². The lowest BCUT2D eigenvalue weighted by atomic mass is 10.1. The van der Waals surface area contributed by atoms with Gasteiger partial charge in [-0.1, -0.05) is 6.07 Å². The fourth-order valence-corrected chi connectivity index (χ4v) is 3.85. The normalized spacial score (nSPS) is 17.5. The first kappa shape index (κ1) is 19.7. The Balaban J connectivity index is 2.28. The first-order valence-corrected chi connectivity index (χ1v) is 9.61. The van der Waals surface area contributed by atoms with E-state index in [0.29, 0.717) is 0 Å². The zero-order chi connectivity index (χ0) is 18.8. The van der Waals surface area contributed by atoms with Crippen molar-refractivity contribution in [1.82, 2.24) is 4.90 Å². The summed E-state index contributed by atoms with van der Waals surface area (Å²) in [5.41, 5.74) is 0.869. The van der Waals surface area contributed by atoms with Crippen LogP contribution < -0.4 is 0 Å². The summed E-state index contributed by atoms with van der Waals surface area (Å²) in [6.07, 6.45) is -1.10. The lowest BCUT2D eigenvalue weighted by molar-refractivity contribution is -0.0448. The largest absolute Gasteiger partial charge is 0.444 e. The molecule has 1 aromatic rings. The average Bonchev–Trinajstić information content (AvgIpc) is 2.89. The van der Waals surface area contributed by atoms with Gasteiger partial charge in [-0.25, -0.2) is 13.2 Å². The molecule has 1 aliphatic heterocycles. The van der Waals surface area contributed by atoms with Gasteiger partial charge in [-0.15, -0.1) is 0 Å². The maximum Gasteiger partial charge on any atom is 0.412 e. The molecule has 140 valence electrons. The number of hydrogen-bond donors (Lipinski definition) is 0. The fraction of sp³-hybridized carbons (Fsp3) is 0.588. The third-order valence-electron chi connectivity index (χ3n) is 3.77. The van der Waals surface area contributed by atoms with Crippen molar-refractivity contribution < 1.29 is 27.4 Å². The van der Waals surface area contributed by atoms with Crippen LogP contribution in [0.4, 0.5) is 4.79 Å². The molecule has 0 saturated heterocycles. The summed E-state index contributed by atoms with van der Waals surface area (Å²) >= 11 is 0. The molecule has 0 aliphatic carbocycles. The van der Waals surface area contributed by atoms with E-state index < -0.39 is 27.8 Å². The van der Waals surface area contributed by atoms with E-state index >= 15 is 0 Å². The lowest BCUT2D eigenvalue weighted by Gasteiger charge is -2.27. The predicted octanol–water partition coefficient (Wildman–Crippen LogP) is 2.50. The summed E-state index contributed by atoms with van der Waals surface area (Å²) in [6, 6.07) is 4.82. The second-order valence-corrected chi connectivity index (χ2v) is 8.98. The van der Waals surface area contributed by atoms with Gasteiger partial charge in [0.05, 0.1) is 23.8 Å². The van der Waals surface area contributed by atoms with E-state index in [4.69, 9.17) is 14.2 Å². The Morgan fingerprint density at radius 1 is 1.28 bits per heavy atom. The van der Waals surface area contributed by atoms with Gasteiger partial charge in [0.25, 0.3) is 0 Å². The molecule has 1 unspecified atom stereocenters. The molecule has 2 rings (SSSR count). The fourth-order valence-electron chi connectivity index (χ4n) is 2.63. The van der Waals surface area contributed by atoms with E-state index in [0.717, 1.165) is 11.1 Å². The van der Waals surface area contributed by atoms with Gasteiger partial charge in [-0.2, -0.15) is 0 Å². The summed E-state index contributed by atoms with van der Waals surface area (Å²) in [4.78, 5) is 14.1. The van der Waals surface area contributed by atoms with E-state index in [2.05, 4.69) is 0 Å². The zero-order valence-electron chi connectivity index (χ0n) is 15.2. The maximum atomic E-state index is 12.4. The first-order valence-electron chi connectivity index (χ1n) is 7.96. The summed E-state index contributed by atoms with van der Waals surface area (Å²) < 4.78 is 40.3. The minimum absolute atomic E-state index is 0.0915. The van der Waals surface area contributed by atoms with Crippen LogP contribution in [0.15, 0.2) is 23.1 Å². The highest BCUT2D eigenvalue weighted by Crippen LogP contribution is 2.36. The molecular weight excluding hydrogens is 346 g/mol. The van der Waals surface area contributed by atoms with E-state index in [9.17, 15) is 13.2 Å². The standard InChI is InChI=1S/C17H25NO6S/c1-17(2,3)24-16(19)18-11-12-10-13(25(20,21)9-8-22-4)6-7-14(12)15(18)23-5/h6-7,10,15H,8-9,11H2,1-5H3. The van der Waals surface area contributed by atoms with Crippen molar-refractivity contribution in [3.8, 4) is 0 Å². The molecule has 1 aliphatic rings. The van der Waals surface area contributed by atoms with Gasteiger partial charge in [-0.05, 0) is 38.5 Å². The van der Waals surface area contributed by atoms with Crippen molar-refractivity contribution in [2.45, 2.75) is 44.0 Å². The van der Waals surface area contributed by atoms with Gasteiger partial charge >= 0.3 is 6.09 Å². The molecule has 8 heteroatoms. The van der Waals surface area contributed by atoms with Crippen LogP contribution in [-0.4, -0.2) is 51.6 Å². The Labute approximate surface area is 148 Å². The minimum Gasteiger partial charge on any atom is -0.444 e. The topological polar surface area (TPSA) is 82.1 Å². The molecule has 0 bridgehead atoms. The molecular formula is C17H25NO6S. The second-order valence-electron chi connectivity index (χ2n) is 6.87. The summed E-state index contributed by atoms with van der Waals surface area (Å²) in [5, 5.41) is 0. The molecule has 0 N–H and O–H groups in total. The maximum absolute atomic E-state index is 12.4. The third kappa shape index (κ3) is 4.50. The number of hydrogen-bond acceptors (Lipinski definition) is 6. The van der Waals surface area contributed by atoms with E-state index in [1.807, 2.05) is 0 Å². The van der Waals surface area contributed by atoms with Crippen LogP contribution in [-0.2, 0) is 30.6 Å². The number of fused-ring (bicyclic) bond motifs is 1. The van der Waals surface area contributed by atoms with Crippen molar-refractivity contribution in [2.24, 2.45) is 0 Å². The van der Waals surface area contributed by atoms with Gasteiger partial charge < -0.3 is 14.2 Å². The molecule has 1 heterocycles. The predicted molar refractivity (Wildman–Crippen MR) is 91.9 cm³/mol. The Kier molecular flexibility index (Phi) is 5.75. The smallest absolute Gasteiger partial charge is 0.412 e. The van der Waals surface area contributed by atoms with E-state index in [-0.39, 0.29) is 23.8 Å². The van der Waals surface area contributed by atoms with Gasteiger partial charge in [0, 0.05) is 19.8 Å². The number of rotatable bonds is 5. The molecule has 7 nitrogen and oxygen atoms in total. The van der Waals surface area contributed by atoms with Crippen LogP contribution in [0, 0.1) is 0 Å².